The highest BCUT2D eigenvalue weighted by Crippen LogP contribution is 2.29. The van der Waals surface area contributed by atoms with Crippen molar-refractivity contribution in [1.29, 1.82) is 0 Å². The minimum Gasteiger partial charge on any atom is -0.481 e. The van der Waals surface area contributed by atoms with E-state index >= 15 is 0 Å². The summed E-state index contributed by atoms with van der Waals surface area (Å²) < 4.78 is 0.887. The van der Waals surface area contributed by atoms with Gasteiger partial charge in [0.2, 0.25) is 5.91 Å². The van der Waals surface area contributed by atoms with Gasteiger partial charge in [-0.25, -0.2) is 0 Å². The zero-order valence-electron chi connectivity index (χ0n) is 10.1. The molecule has 1 saturated heterocycles. The Hall–Kier alpha value is -1.40. The van der Waals surface area contributed by atoms with Gasteiger partial charge in [-0.1, -0.05) is 28.1 Å². The molecule has 5 nitrogen and oxygen atoms in total. The molecule has 1 aromatic rings. The monoisotopic (exact) mass is 327 g/mol. The maximum Gasteiger partial charge on any atom is 0.305 e. The van der Waals surface area contributed by atoms with E-state index in [-0.39, 0.29) is 25.3 Å². The van der Waals surface area contributed by atoms with Crippen LogP contribution in [0, 0.1) is 0 Å². The van der Waals surface area contributed by atoms with Crippen molar-refractivity contribution in [3.05, 3.63) is 34.3 Å². The Labute approximate surface area is 119 Å². The number of aliphatic hydroxyl groups is 1. The molecule has 0 spiro atoms. The quantitative estimate of drug-likeness (QED) is 0.879. The molecule has 1 heterocycles. The Kier molecular flexibility index (Phi) is 4.21. The van der Waals surface area contributed by atoms with E-state index in [0.29, 0.717) is 0 Å². The number of β-amino-alcohol motifs (C(OH)–C–C–N with tert-alkyl or cyclic N) is 1. The van der Waals surface area contributed by atoms with Crippen LogP contribution in [-0.2, 0) is 9.59 Å². The van der Waals surface area contributed by atoms with Crippen molar-refractivity contribution < 1.29 is 19.8 Å². The van der Waals surface area contributed by atoms with Crippen LogP contribution in [0.1, 0.15) is 24.4 Å². The Balaban J connectivity index is 2.28. The van der Waals surface area contributed by atoms with E-state index in [4.69, 9.17) is 5.11 Å². The first kappa shape index (κ1) is 14.0. The molecule has 2 atom stereocenters. The molecular formula is C13H14BrNO4. The largest absolute Gasteiger partial charge is 0.481 e. The van der Waals surface area contributed by atoms with Crippen LogP contribution in [0.5, 0.6) is 0 Å². The molecule has 19 heavy (non-hydrogen) atoms. The summed E-state index contributed by atoms with van der Waals surface area (Å²) in [6.07, 6.45) is -0.813. The molecule has 0 aromatic heterocycles. The molecule has 0 bridgehead atoms. The second kappa shape index (κ2) is 5.71. The zero-order valence-corrected chi connectivity index (χ0v) is 11.7. The van der Waals surface area contributed by atoms with Gasteiger partial charge in [0, 0.05) is 11.0 Å². The van der Waals surface area contributed by atoms with E-state index in [9.17, 15) is 14.7 Å². The standard InChI is InChI=1S/C13H14BrNO4/c14-9-3-1-8(2-4-9)11(6-13(18)19)15-7-10(16)5-12(15)17/h1-4,10-11,16H,5-7H2,(H,18,19). The third-order valence-corrected chi connectivity index (χ3v) is 3.67. The Morgan fingerprint density at radius 1 is 1.42 bits per heavy atom. The molecule has 0 saturated carbocycles. The number of carboxylic acids is 1. The third kappa shape index (κ3) is 3.33. The number of carbonyl (C=O) groups excluding carboxylic acids is 1. The molecule has 2 N–H and O–H groups in total. The summed E-state index contributed by atoms with van der Waals surface area (Å²) in [5, 5.41) is 18.5. The highest BCUT2D eigenvalue weighted by Gasteiger charge is 2.35. The lowest BCUT2D eigenvalue weighted by Crippen LogP contribution is -2.32. The molecule has 1 aliphatic rings. The van der Waals surface area contributed by atoms with Crippen LogP contribution in [-0.4, -0.2) is 39.6 Å². The molecule has 1 aliphatic heterocycles. The maximum absolute atomic E-state index is 11.8. The number of likely N-dealkylation sites (tertiary alicyclic amines) is 1. The summed E-state index contributed by atoms with van der Waals surface area (Å²) in [5.74, 6) is -1.18. The van der Waals surface area contributed by atoms with Crippen molar-refractivity contribution in [2.24, 2.45) is 0 Å². The van der Waals surface area contributed by atoms with E-state index < -0.39 is 18.1 Å². The lowest BCUT2D eigenvalue weighted by Gasteiger charge is -2.27. The fourth-order valence-electron chi connectivity index (χ4n) is 2.27. The number of carboxylic acid groups (broad SMARTS) is 1. The first-order valence-corrected chi connectivity index (χ1v) is 6.71. The van der Waals surface area contributed by atoms with Gasteiger partial charge >= 0.3 is 5.97 Å². The van der Waals surface area contributed by atoms with Gasteiger partial charge in [-0.3, -0.25) is 9.59 Å². The van der Waals surface area contributed by atoms with Gasteiger partial charge in [0.25, 0.3) is 0 Å². The van der Waals surface area contributed by atoms with Crippen molar-refractivity contribution >= 4 is 27.8 Å². The number of rotatable bonds is 4. The van der Waals surface area contributed by atoms with Gasteiger partial charge < -0.3 is 15.1 Å². The summed E-state index contributed by atoms with van der Waals surface area (Å²) in [6.45, 7) is 0.187. The van der Waals surface area contributed by atoms with Gasteiger partial charge in [0.15, 0.2) is 0 Å². The zero-order chi connectivity index (χ0) is 14.0. The van der Waals surface area contributed by atoms with Crippen molar-refractivity contribution in [2.75, 3.05) is 6.54 Å². The molecule has 102 valence electrons. The van der Waals surface area contributed by atoms with E-state index in [1.807, 2.05) is 0 Å². The predicted molar refractivity (Wildman–Crippen MR) is 71.5 cm³/mol. The van der Waals surface area contributed by atoms with Gasteiger partial charge in [0.1, 0.15) is 0 Å². The Morgan fingerprint density at radius 2 is 2.05 bits per heavy atom. The fraction of sp³-hybridized carbons (Fsp3) is 0.385. The van der Waals surface area contributed by atoms with Crippen LogP contribution >= 0.6 is 15.9 Å². The SMILES string of the molecule is O=C(O)CC(c1ccc(Br)cc1)N1CC(O)CC1=O. The van der Waals surface area contributed by atoms with Gasteiger partial charge in [0.05, 0.1) is 25.0 Å². The van der Waals surface area contributed by atoms with Crippen LogP contribution in [0.15, 0.2) is 28.7 Å². The highest BCUT2D eigenvalue weighted by atomic mass is 79.9. The van der Waals surface area contributed by atoms with Gasteiger partial charge in [-0.05, 0) is 17.7 Å². The molecule has 1 fully saturated rings. The number of carbonyl (C=O) groups is 2. The van der Waals surface area contributed by atoms with E-state index in [2.05, 4.69) is 15.9 Å². The summed E-state index contributed by atoms with van der Waals surface area (Å²) in [7, 11) is 0. The number of benzene rings is 1. The highest BCUT2D eigenvalue weighted by molar-refractivity contribution is 9.10. The molecule has 6 heteroatoms. The maximum atomic E-state index is 11.8. The van der Waals surface area contributed by atoms with Crippen LogP contribution in [0.25, 0.3) is 0 Å². The lowest BCUT2D eigenvalue weighted by atomic mass is 10.0. The number of hydrogen-bond donors (Lipinski definition) is 2. The third-order valence-electron chi connectivity index (χ3n) is 3.14. The molecule has 1 aromatic carbocycles. The van der Waals surface area contributed by atoms with Crippen molar-refractivity contribution in [3.8, 4) is 0 Å². The molecule has 2 unspecified atom stereocenters. The second-order valence-corrected chi connectivity index (χ2v) is 5.48. The summed E-state index contributed by atoms with van der Waals surface area (Å²) >= 11 is 3.31. The van der Waals surface area contributed by atoms with Crippen molar-refractivity contribution in [3.63, 3.8) is 0 Å². The number of aliphatic hydroxyl groups excluding tert-OH is 1. The van der Waals surface area contributed by atoms with Crippen molar-refractivity contribution in [1.82, 2.24) is 4.90 Å². The number of amides is 1. The molecule has 1 amide bonds. The fourth-order valence-corrected chi connectivity index (χ4v) is 2.54. The molecule has 0 radical (unpaired) electrons. The topological polar surface area (TPSA) is 77.8 Å². The van der Waals surface area contributed by atoms with Crippen LogP contribution in [0.2, 0.25) is 0 Å². The van der Waals surface area contributed by atoms with Gasteiger partial charge in [-0.15, -0.1) is 0 Å². The smallest absolute Gasteiger partial charge is 0.305 e. The average molecular weight is 328 g/mol. The van der Waals surface area contributed by atoms with E-state index in [1.165, 1.54) is 4.90 Å². The Morgan fingerprint density at radius 3 is 2.53 bits per heavy atom. The van der Waals surface area contributed by atoms with Gasteiger partial charge in [-0.2, -0.15) is 0 Å². The molecule has 0 aliphatic carbocycles. The van der Waals surface area contributed by atoms with Crippen molar-refractivity contribution in [2.45, 2.75) is 25.0 Å². The summed E-state index contributed by atoms with van der Waals surface area (Å²) in [5.41, 5.74) is 0.757. The number of nitrogens with zero attached hydrogens (tertiary/aromatic N) is 1. The predicted octanol–water partition coefficient (Wildman–Crippen LogP) is 1.56. The number of halogens is 1. The van der Waals surface area contributed by atoms with Crippen LogP contribution in [0.4, 0.5) is 0 Å². The second-order valence-electron chi connectivity index (χ2n) is 4.57. The number of aliphatic carboxylic acids is 1. The minimum absolute atomic E-state index is 0.0621. The first-order chi connectivity index (χ1) is 8.97. The summed E-state index contributed by atoms with van der Waals surface area (Å²) in [6, 6.07) is 6.66. The number of hydrogen-bond acceptors (Lipinski definition) is 3. The van der Waals surface area contributed by atoms with E-state index in [1.54, 1.807) is 24.3 Å². The minimum atomic E-state index is -0.970. The van der Waals surface area contributed by atoms with Crippen LogP contribution < -0.4 is 0 Å². The average Bonchev–Trinajstić information content (AvgIpc) is 2.66. The molecule has 2 rings (SSSR count). The Bertz CT molecular complexity index is 488. The lowest BCUT2D eigenvalue weighted by molar-refractivity contribution is -0.139. The normalized spacial score (nSPS) is 20.6. The van der Waals surface area contributed by atoms with Crippen LogP contribution in [0.3, 0.4) is 0 Å². The first-order valence-electron chi connectivity index (χ1n) is 5.92. The van der Waals surface area contributed by atoms with E-state index in [0.717, 1.165) is 10.0 Å². The molecular weight excluding hydrogens is 314 g/mol. The summed E-state index contributed by atoms with van der Waals surface area (Å²) in [4.78, 5) is 24.2.